The zero-order valence-electron chi connectivity index (χ0n) is 10.8. The molecule has 2 nitrogen and oxygen atoms in total. The monoisotopic (exact) mass is 279 g/mol. The van der Waals surface area contributed by atoms with Gasteiger partial charge in [-0.1, -0.05) is 11.6 Å². The predicted molar refractivity (Wildman–Crippen MR) is 76.3 cm³/mol. The van der Waals surface area contributed by atoms with Gasteiger partial charge in [-0.2, -0.15) is 0 Å². The molecule has 0 bridgehead atoms. The number of aromatic hydroxyl groups is 1. The van der Waals surface area contributed by atoms with Crippen molar-refractivity contribution in [3.8, 4) is 5.75 Å². The molecule has 0 saturated heterocycles. The highest BCUT2D eigenvalue weighted by Gasteiger charge is 2.16. The highest BCUT2D eigenvalue weighted by atomic mass is 35.5. The van der Waals surface area contributed by atoms with E-state index in [0.29, 0.717) is 5.02 Å². The van der Waals surface area contributed by atoms with Gasteiger partial charge in [-0.15, -0.1) is 0 Å². The van der Waals surface area contributed by atoms with E-state index in [9.17, 15) is 9.50 Å². The third-order valence-electron chi connectivity index (χ3n) is 3.25. The van der Waals surface area contributed by atoms with Crippen molar-refractivity contribution < 1.29 is 9.50 Å². The van der Waals surface area contributed by atoms with Gasteiger partial charge in [0.2, 0.25) is 0 Å². The highest BCUT2D eigenvalue weighted by Crippen LogP contribution is 2.32. The zero-order chi connectivity index (χ0) is 14.0. The van der Waals surface area contributed by atoms with E-state index in [0.717, 1.165) is 11.3 Å². The van der Waals surface area contributed by atoms with E-state index >= 15 is 0 Å². The van der Waals surface area contributed by atoms with Crippen molar-refractivity contribution in [1.29, 1.82) is 0 Å². The van der Waals surface area contributed by atoms with Crippen molar-refractivity contribution in [3.05, 3.63) is 58.9 Å². The number of halogens is 2. The molecule has 2 rings (SSSR count). The molecule has 0 aliphatic rings. The molecule has 0 amide bonds. The first kappa shape index (κ1) is 13.7. The zero-order valence-corrected chi connectivity index (χ0v) is 11.5. The third-order valence-corrected chi connectivity index (χ3v) is 3.49. The molecule has 2 aromatic rings. The molecule has 4 heteroatoms. The molecular formula is C15H15ClFNO. The Hall–Kier alpha value is -1.74. The highest BCUT2D eigenvalue weighted by molar-refractivity contribution is 6.30. The summed E-state index contributed by atoms with van der Waals surface area (Å²) in [6.45, 7) is 1.95. The summed E-state index contributed by atoms with van der Waals surface area (Å²) in [4.78, 5) is 1.95. The van der Waals surface area contributed by atoms with E-state index in [4.69, 9.17) is 11.6 Å². The maximum absolute atomic E-state index is 12.9. The number of anilines is 1. The van der Waals surface area contributed by atoms with Crippen LogP contribution in [0.3, 0.4) is 0 Å². The number of hydrogen-bond donors (Lipinski definition) is 1. The van der Waals surface area contributed by atoms with Crippen molar-refractivity contribution >= 4 is 17.3 Å². The SMILES string of the molecule is CC(c1cc(Cl)ccc1O)N(C)c1ccc(F)cc1. The van der Waals surface area contributed by atoms with Crippen molar-refractivity contribution in [2.75, 3.05) is 11.9 Å². The normalized spacial score (nSPS) is 12.2. The van der Waals surface area contributed by atoms with Crippen LogP contribution < -0.4 is 4.90 Å². The van der Waals surface area contributed by atoms with Crippen molar-refractivity contribution in [1.82, 2.24) is 0 Å². The van der Waals surface area contributed by atoms with Gasteiger partial charge in [0, 0.05) is 23.3 Å². The first-order valence-electron chi connectivity index (χ1n) is 5.96. The van der Waals surface area contributed by atoms with Crippen LogP contribution in [0.25, 0.3) is 0 Å². The smallest absolute Gasteiger partial charge is 0.123 e. The standard InChI is InChI=1S/C15H15ClFNO/c1-10(14-9-11(16)3-8-15(14)19)18(2)13-6-4-12(17)5-7-13/h3-10,19H,1-2H3. The summed E-state index contributed by atoms with van der Waals surface area (Å²) in [5.41, 5.74) is 1.60. The largest absolute Gasteiger partial charge is 0.508 e. The van der Waals surface area contributed by atoms with Gasteiger partial charge in [-0.25, -0.2) is 4.39 Å². The fourth-order valence-electron chi connectivity index (χ4n) is 1.97. The first-order chi connectivity index (χ1) is 8.99. The van der Waals surface area contributed by atoms with Gasteiger partial charge in [0.15, 0.2) is 0 Å². The quantitative estimate of drug-likeness (QED) is 0.901. The van der Waals surface area contributed by atoms with E-state index < -0.39 is 0 Å². The van der Waals surface area contributed by atoms with E-state index in [1.165, 1.54) is 12.1 Å². The summed E-state index contributed by atoms with van der Waals surface area (Å²) in [6, 6.07) is 11.1. The molecule has 1 N–H and O–H groups in total. The Morgan fingerprint density at radius 3 is 2.42 bits per heavy atom. The van der Waals surface area contributed by atoms with Crippen LogP contribution in [0.4, 0.5) is 10.1 Å². The molecule has 0 aliphatic carbocycles. The second-order valence-electron chi connectivity index (χ2n) is 4.47. The van der Waals surface area contributed by atoms with Gasteiger partial charge in [0.05, 0.1) is 6.04 Å². The van der Waals surface area contributed by atoms with Gasteiger partial charge in [0.1, 0.15) is 11.6 Å². The molecule has 0 saturated carbocycles. The summed E-state index contributed by atoms with van der Waals surface area (Å²) in [7, 11) is 1.89. The predicted octanol–water partition coefficient (Wildman–Crippen LogP) is 4.38. The molecule has 0 spiro atoms. The average molecular weight is 280 g/mol. The number of benzene rings is 2. The molecule has 0 radical (unpaired) electrons. The summed E-state index contributed by atoms with van der Waals surface area (Å²) in [6.07, 6.45) is 0. The molecule has 1 atom stereocenters. The Bertz CT molecular complexity index is 571. The fraction of sp³-hybridized carbons (Fsp3) is 0.200. The Kier molecular flexibility index (Phi) is 3.96. The average Bonchev–Trinajstić information content (AvgIpc) is 2.41. The first-order valence-corrected chi connectivity index (χ1v) is 6.33. The third kappa shape index (κ3) is 2.99. The van der Waals surface area contributed by atoms with Crippen LogP contribution in [0.2, 0.25) is 5.02 Å². The second kappa shape index (κ2) is 5.49. The lowest BCUT2D eigenvalue weighted by Crippen LogP contribution is -2.21. The molecule has 0 fully saturated rings. The number of phenolic OH excluding ortho intramolecular Hbond substituents is 1. The topological polar surface area (TPSA) is 23.5 Å². The summed E-state index contributed by atoms with van der Waals surface area (Å²) >= 11 is 5.95. The minimum absolute atomic E-state index is 0.0795. The second-order valence-corrected chi connectivity index (χ2v) is 4.90. The van der Waals surface area contributed by atoms with Gasteiger partial charge in [-0.3, -0.25) is 0 Å². The van der Waals surface area contributed by atoms with Crippen LogP contribution in [-0.2, 0) is 0 Å². The van der Waals surface area contributed by atoms with Crippen LogP contribution >= 0.6 is 11.6 Å². The van der Waals surface area contributed by atoms with Crippen LogP contribution in [0, 0.1) is 5.82 Å². The number of phenols is 1. The van der Waals surface area contributed by atoms with E-state index in [1.54, 1.807) is 30.3 Å². The molecule has 2 aromatic carbocycles. The Balaban J connectivity index is 2.30. The van der Waals surface area contributed by atoms with Crippen molar-refractivity contribution in [2.45, 2.75) is 13.0 Å². The number of nitrogens with zero attached hydrogens (tertiary/aromatic N) is 1. The van der Waals surface area contributed by atoms with Crippen molar-refractivity contribution in [3.63, 3.8) is 0 Å². The van der Waals surface area contributed by atoms with Gasteiger partial charge in [-0.05, 0) is 49.4 Å². The lowest BCUT2D eigenvalue weighted by Gasteiger charge is -2.28. The van der Waals surface area contributed by atoms with E-state index in [1.807, 2.05) is 18.9 Å². The van der Waals surface area contributed by atoms with Gasteiger partial charge in [0.25, 0.3) is 0 Å². The number of rotatable bonds is 3. The summed E-state index contributed by atoms with van der Waals surface area (Å²) in [5, 5.41) is 10.5. The molecule has 1 unspecified atom stereocenters. The van der Waals surface area contributed by atoms with E-state index in [2.05, 4.69) is 0 Å². The van der Waals surface area contributed by atoms with Crippen LogP contribution in [0.15, 0.2) is 42.5 Å². The number of hydrogen-bond acceptors (Lipinski definition) is 2. The van der Waals surface area contributed by atoms with Crippen LogP contribution in [0.5, 0.6) is 5.75 Å². The maximum Gasteiger partial charge on any atom is 0.123 e. The Morgan fingerprint density at radius 2 is 1.79 bits per heavy atom. The molecule has 0 heterocycles. The Labute approximate surface area is 117 Å². The van der Waals surface area contributed by atoms with Crippen LogP contribution in [0.1, 0.15) is 18.5 Å². The lowest BCUT2D eigenvalue weighted by atomic mass is 10.1. The molecule has 19 heavy (non-hydrogen) atoms. The minimum atomic E-state index is -0.268. The summed E-state index contributed by atoms with van der Waals surface area (Å²) in [5.74, 6) is -0.0683. The molecule has 0 aromatic heterocycles. The molecule has 100 valence electrons. The fourth-order valence-corrected chi connectivity index (χ4v) is 2.15. The molecule has 0 aliphatic heterocycles. The maximum atomic E-state index is 12.9. The Morgan fingerprint density at radius 1 is 1.16 bits per heavy atom. The summed E-state index contributed by atoms with van der Waals surface area (Å²) < 4.78 is 12.9. The molecular weight excluding hydrogens is 265 g/mol. The van der Waals surface area contributed by atoms with Crippen LogP contribution in [-0.4, -0.2) is 12.2 Å². The van der Waals surface area contributed by atoms with Crippen molar-refractivity contribution in [2.24, 2.45) is 0 Å². The van der Waals surface area contributed by atoms with Gasteiger partial charge < -0.3 is 10.0 Å². The van der Waals surface area contributed by atoms with E-state index in [-0.39, 0.29) is 17.6 Å². The minimum Gasteiger partial charge on any atom is -0.508 e. The van der Waals surface area contributed by atoms with Gasteiger partial charge >= 0.3 is 0 Å². The lowest BCUT2D eigenvalue weighted by molar-refractivity contribution is 0.462.